The van der Waals surface area contributed by atoms with Gasteiger partial charge in [-0.1, -0.05) is 19.3 Å². The fourth-order valence-electron chi connectivity index (χ4n) is 2.58. The van der Waals surface area contributed by atoms with E-state index in [9.17, 15) is 4.79 Å². The first-order chi connectivity index (χ1) is 10.8. The summed E-state index contributed by atoms with van der Waals surface area (Å²) in [7, 11) is 1.69. The summed E-state index contributed by atoms with van der Waals surface area (Å²) in [5, 5.41) is 9.51. The molecule has 0 aromatic carbocycles. The van der Waals surface area contributed by atoms with Crippen molar-refractivity contribution in [1.29, 1.82) is 0 Å². The number of aliphatic imine (C=N–C) groups is 1. The zero-order chi connectivity index (χ0) is 16.0. The van der Waals surface area contributed by atoms with Gasteiger partial charge in [0.15, 0.2) is 5.96 Å². The van der Waals surface area contributed by atoms with Gasteiger partial charge in [0.25, 0.3) is 0 Å². The number of carbonyl (C=O) groups is 1. The number of amides is 1. The number of guanidine groups is 1. The average molecular weight is 312 g/mol. The second kappa shape index (κ2) is 12.3. The second-order valence-corrected chi connectivity index (χ2v) is 5.69. The Kier molecular flexibility index (Phi) is 10.5. The molecule has 1 aliphatic rings. The molecule has 6 nitrogen and oxygen atoms in total. The van der Waals surface area contributed by atoms with Gasteiger partial charge in [-0.25, -0.2) is 0 Å². The zero-order valence-electron chi connectivity index (χ0n) is 14.1. The summed E-state index contributed by atoms with van der Waals surface area (Å²) in [6, 6.07) is 0.386. The fourth-order valence-corrected chi connectivity index (χ4v) is 2.58. The monoisotopic (exact) mass is 312 g/mol. The molecular weight excluding hydrogens is 280 g/mol. The SMILES string of the molecule is CCNC(=NCCCOC)NCCC(=O)NC1CCCCC1. The largest absolute Gasteiger partial charge is 0.385 e. The van der Waals surface area contributed by atoms with Crippen molar-refractivity contribution in [3.8, 4) is 0 Å². The molecule has 0 bridgehead atoms. The summed E-state index contributed by atoms with van der Waals surface area (Å²) in [6.07, 6.45) is 7.42. The molecule has 1 amide bonds. The van der Waals surface area contributed by atoms with Crippen LogP contribution in [0.2, 0.25) is 0 Å². The lowest BCUT2D eigenvalue weighted by Gasteiger charge is -2.22. The Morgan fingerprint density at radius 1 is 1.23 bits per heavy atom. The van der Waals surface area contributed by atoms with Crippen molar-refractivity contribution in [3.05, 3.63) is 0 Å². The number of hydrogen-bond donors (Lipinski definition) is 3. The van der Waals surface area contributed by atoms with Crippen molar-refractivity contribution >= 4 is 11.9 Å². The molecule has 0 atom stereocenters. The highest BCUT2D eigenvalue weighted by molar-refractivity contribution is 5.81. The lowest BCUT2D eigenvalue weighted by Crippen LogP contribution is -2.41. The molecule has 0 unspecified atom stereocenters. The minimum absolute atomic E-state index is 0.134. The number of rotatable bonds is 9. The first-order valence-electron chi connectivity index (χ1n) is 8.56. The van der Waals surface area contributed by atoms with Gasteiger partial charge in [-0.05, 0) is 26.2 Å². The van der Waals surface area contributed by atoms with Gasteiger partial charge in [0.1, 0.15) is 0 Å². The van der Waals surface area contributed by atoms with Crippen LogP contribution in [-0.4, -0.2) is 51.3 Å². The fraction of sp³-hybridized carbons (Fsp3) is 0.875. The van der Waals surface area contributed by atoms with Crippen LogP contribution in [0.5, 0.6) is 0 Å². The number of nitrogens with one attached hydrogen (secondary N) is 3. The lowest BCUT2D eigenvalue weighted by molar-refractivity contribution is -0.121. The molecule has 0 spiro atoms. The van der Waals surface area contributed by atoms with Crippen LogP contribution < -0.4 is 16.0 Å². The van der Waals surface area contributed by atoms with Crippen LogP contribution in [0.4, 0.5) is 0 Å². The van der Waals surface area contributed by atoms with E-state index in [1.165, 1.54) is 19.3 Å². The molecule has 1 fully saturated rings. The third-order valence-electron chi connectivity index (χ3n) is 3.74. The molecule has 0 radical (unpaired) electrons. The standard InChI is InChI=1S/C16H32N4O2/c1-3-17-16(18-11-7-13-22-2)19-12-10-15(21)20-14-8-5-4-6-9-14/h14H,3-13H2,1-2H3,(H,20,21)(H2,17,18,19). The van der Waals surface area contributed by atoms with Gasteiger partial charge in [0.05, 0.1) is 0 Å². The summed E-state index contributed by atoms with van der Waals surface area (Å²) < 4.78 is 5.01. The predicted octanol–water partition coefficient (Wildman–Crippen LogP) is 1.42. The van der Waals surface area contributed by atoms with Crippen molar-refractivity contribution in [2.75, 3.05) is 33.4 Å². The van der Waals surface area contributed by atoms with E-state index in [2.05, 4.69) is 20.9 Å². The average Bonchev–Trinajstić information content (AvgIpc) is 2.52. The van der Waals surface area contributed by atoms with E-state index in [4.69, 9.17) is 4.74 Å². The molecule has 0 heterocycles. The van der Waals surface area contributed by atoms with Crippen LogP contribution in [0.1, 0.15) is 51.9 Å². The molecule has 1 rings (SSSR count). The highest BCUT2D eigenvalue weighted by Crippen LogP contribution is 2.17. The summed E-state index contributed by atoms with van der Waals surface area (Å²) in [5.41, 5.74) is 0. The van der Waals surface area contributed by atoms with Crippen LogP contribution in [0.3, 0.4) is 0 Å². The van der Waals surface area contributed by atoms with Crippen molar-refractivity contribution in [2.24, 2.45) is 4.99 Å². The molecule has 1 aliphatic carbocycles. The van der Waals surface area contributed by atoms with Crippen molar-refractivity contribution in [3.63, 3.8) is 0 Å². The van der Waals surface area contributed by atoms with E-state index >= 15 is 0 Å². The highest BCUT2D eigenvalue weighted by atomic mass is 16.5. The Labute approximate surface area is 134 Å². The maximum absolute atomic E-state index is 11.9. The first kappa shape index (κ1) is 18.7. The van der Waals surface area contributed by atoms with Crippen LogP contribution in [0, 0.1) is 0 Å². The topological polar surface area (TPSA) is 74.8 Å². The molecule has 22 heavy (non-hydrogen) atoms. The maximum atomic E-state index is 11.9. The summed E-state index contributed by atoms with van der Waals surface area (Å²) >= 11 is 0. The Morgan fingerprint density at radius 2 is 2.00 bits per heavy atom. The second-order valence-electron chi connectivity index (χ2n) is 5.69. The zero-order valence-corrected chi connectivity index (χ0v) is 14.1. The van der Waals surface area contributed by atoms with Crippen molar-refractivity contribution in [1.82, 2.24) is 16.0 Å². The molecule has 0 aromatic heterocycles. The molecule has 0 aromatic rings. The molecular formula is C16H32N4O2. The van der Waals surface area contributed by atoms with E-state index in [-0.39, 0.29) is 5.91 Å². The van der Waals surface area contributed by atoms with Gasteiger partial charge >= 0.3 is 0 Å². The molecule has 0 aliphatic heterocycles. The third-order valence-corrected chi connectivity index (χ3v) is 3.74. The Balaban J connectivity index is 2.18. The minimum Gasteiger partial charge on any atom is -0.385 e. The summed E-state index contributed by atoms with van der Waals surface area (Å²) in [4.78, 5) is 16.4. The van der Waals surface area contributed by atoms with E-state index in [1.54, 1.807) is 7.11 Å². The number of carbonyl (C=O) groups excluding carboxylic acids is 1. The Hall–Kier alpha value is -1.30. The van der Waals surface area contributed by atoms with Gasteiger partial charge in [0.2, 0.25) is 5.91 Å². The maximum Gasteiger partial charge on any atom is 0.221 e. The van der Waals surface area contributed by atoms with Crippen molar-refractivity contribution < 1.29 is 9.53 Å². The lowest BCUT2D eigenvalue weighted by atomic mass is 9.95. The molecule has 0 saturated heterocycles. The van der Waals surface area contributed by atoms with Crippen LogP contribution in [-0.2, 0) is 9.53 Å². The number of methoxy groups -OCH3 is 1. The van der Waals surface area contributed by atoms with Gasteiger partial charge in [-0.3, -0.25) is 9.79 Å². The Bertz CT molecular complexity index is 328. The quantitative estimate of drug-likeness (QED) is 0.342. The number of ether oxygens (including phenoxy) is 1. The van der Waals surface area contributed by atoms with Gasteiger partial charge in [0, 0.05) is 45.8 Å². The van der Waals surface area contributed by atoms with Gasteiger partial charge in [-0.2, -0.15) is 0 Å². The van der Waals surface area contributed by atoms with E-state index < -0.39 is 0 Å². The third kappa shape index (κ3) is 8.87. The smallest absolute Gasteiger partial charge is 0.221 e. The summed E-state index contributed by atoms with van der Waals surface area (Å²) in [6.45, 7) is 4.88. The van der Waals surface area contributed by atoms with Crippen LogP contribution in [0.25, 0.3) is 0 Å². The summed E-state index contributed by atoms with van der Waals surface area (Å²) in [5.74, 6) is 0.902. The normalized spacial score (nSPS) is 16.4. The van der Waals surface area contributed by atoms with E-state index in [0.717, 1.165) is 38.3 Å². The molecule has 6 heteroatoms. The van der Waals surface area contributed by atoms with E-state index in [1.807, 2.05) is 6.92 Å². The van der Waals surface area contributed by atoms with Gasteiger partial charge in [-0.15, -0.1) is 0 Å². The highest BCUT2D eigenvalue weighted by Gasteiger charge is 2.15. The van der Waals surface area contributed by atoms with Crippen LogP contribution >= 0.6 is 0 Å². The predicted molar refractivity (Wildman–Crippen MR) is 90.1 cm³/mol. The Morgan fingerprint density at radius 3 is 2.68 bits per heavy atom. The molecule has 128 valence electrons. The minimum atomic E-state index is 0.134. The molecule has 1 saturated carbocycles. The van der Waals surface area contributed by atoms with Crippen LogP contribution in [0.15, 0.2) is 4.99 Å². The van der Waals surface area contributed by atoms with E-state index in [0.29, 0.717) is 25.6 Å². The first-order valence-corrected chi connectivity index (χ1v) is 8.56. The van der Waals surface area contributed by atoms with Crippen molar-refractivity contribution in [2.45, 2.75) is 57.9 Å². The number of nitrogens with zero attached hydrogens (tertiary/aromatic N) is 1. The number of hydrogen-bond acceptors (Lipinski definition) is 3. The molecule has 3 N–H and O–H groups in total. The van der Waals surface area contributed by atoms with Gasteiger partial charge < -0.3 is 20.7 Å².